The molecule has 1 aromatic heterocycles. The van der Waals surface area contributed by atoms with Gasteiger partial charge in [0.2, 0.25) is 0 Å². The lowest BCUT2D eigenvalue weighted by molar-refractivity contribution is 0.624. The molecule has 0 spiro atoms. The lowest BCUT2D eigenvalue weighted by Crippen LogP contribution is -2.16. The van der Waals surface area contributed by atoms with E-state index in [4.69, 9.17) is 5.73 Å². The van der Waals surface area contributed by atoms with E-state index < -0.39 is 0 Å². The summed E-state index contributed by atoms with van der Waals surface area (Å²) in [6, 6.07) is 12.6. The van der Waals surface area contributed by atoms with Crippen molar-refractivity contribution in [1.82, 2.24) is 9.78 Å². The van der Waals surface area contributed by atoms with Crippen LogP contribution in [0.3, 0.4) is 0 Å². The predicted octanol–water partition coefficient (Wildman–Crippen LogP) is 2.37. The third-order valence-electron chi connectivity index (χ3n) is 2.90. The summed E-state index contributed by atoms with van der Waals surface area (Å²) in [6.45, 7) is 2.04. The topological polar surface area (TPSA) is 43.8 Å². The Balaban J connectivity index is 2.19. The van der Waals surface area contributed by atoms with Crippen molar-refractivity contribution in [3.63, 3.8) is 0 Å². The third-order valence-corrected chi connectivity index (χ3v) is 2.90. The second-order valence-electron chi connectivity index (χ2n) is 4.53. The van der Waals surface area contributed by atoms with E-state index in [1.807, 2.05) is 36.9 Å². The number of aryl methyl sites for hydroxylation is 2. The van der Waals surface area contributed by atoms with Crippen LogP contribution in [0.5, 0.6) is 0 Å². The Hall–Kier alpha value is -1.61. The highest BCUT2D eigenvalue weighted by molar-refractivity contribution is 5.59. The number of hydrogen-bond acceptors (Lipinski definition) is 2. The number of aromatic nitrogens is 2. The molecule has 90 valence electrons. The van der Waals surface area contributed by atoms with Crippen LogP contribution >= 0.6 is 0 Å². The third kappa shape index (κ3) is 2.94. The van der Waals surface area contributed by atoms with Crippen molar-refractivity contribution in [2.75, 3.05) is 0 Å². The molecular weight excluding hydrogens is 210 g/mol. The largest absolute Gasteiger partial charge is 0.328 e. The maximum Gasteiger partial charge on any atom is 0.0925 e. The van der Waals surface area contributed by atoms with Gasteiger partial charge < -0.3 is 5.73 Å². The molecule has 2 aromatic rings. The molecule has 1 atom stereocenters. The molecule has 3 nitrogen and oxygen atoms in total. The maximum atomic E-state index is 5.78. The van der Waals surface area contributed by atoms with Crippen LogP contribution in [0.2, 0.25) is 0 Å². The zero-order valence-corrected chi connectivity index (χ0v) is 10.4. The Morgan fingerprint density at radius 3 is 2.65 bits per heavy atom. The van der Waals surface area contributed by atoms with Crippen LogP contribution in [-0.4, -0.2) is 15.8 Å². The van der Waals surface area contributed by atoms with Gasteiger partial charge in [-0.2, -0.15) is 5.10 Å². The van der Waals surface area contributed by atoms with Crippen LogP contribution < -0.4 is 5.73 Å². The summed E-state index contributed by atoms with van der Waals surface area (Å²) in [5.74, 6) is 0. The van der Waals surface area contributed by atoms with Crippen molar-refractivity contribution in [2.45, 2.75) is 25.8 Å². The average Bonchev–Trinajstić information content (AvgIpc) is 2.69. The first kappa shape index (κ1) is 11.9. The Bertz CT molecular complexity index is 471. The van der Waals surface area contributed by atoms with Gasteiger partial charge in [-0.25, -0.2) is 0 Å². The number of benzene rings is 1. The quantitative estimate of drug-likeness (QED) is 0.874. The first-order chi connectivity index (χ1) is 8.16. The summed E-state index contributed by atoms with van der Waals surface area (Å²) in [5, 5.41) is 4.53. The van der Waals surface area contributed by atoms with Gasteiger partial charge in [-0.05, 0) is 25.8 Å². The van der Waals surface area contributed by atoms with Crippen LogP contribution in [0.25, 0.3) is 11.3 Å². The Morgan fingerprint density at radius 2 is 2.00 bits per heavy atom. The number of rotatable bonds is 4. The molecule has 0 aliphatic rings. The fourth-order valence-corrected chi connectivity index (χ4v) is 1.87. The standard InChI is InChI=1S/C14H19N3/c1-11(15)8-9-13-10-14(16-17(13)2)12-6-4-3-5-7-12/h3-7,10-11H,8-9,15H2,1-2H3. The minimum absolute atomic E-state index is 0.241. The normalized spacial score (nSPS) is 12.6. The molecule has 2 rings (SSSR count). The average molecular weight is 229 g/mol. The summed E-state index contributed by atoms with van der Waals surface area (Å²) in [7, 11) is 1.99. The minimum atomic E-state index is 0.241. The molecule has 2 N–H and O–H groups in total. The van der Waals surface area contributed by atoms with Gasteiger partial charge in [0.05, 0.1) is 5.69 Å². The molecule has 1 heterocycles. The predicted molar refractivity (Wildman–Crippen MR) is 70.6 cm³/mol. The van der Waals surface area contributed by atoms with E-state index in [0.29, 0.717) is 0 Å². The van der Waals surface area contributed by atoms with Crippen LogP contribution in [0, 0.1) is 0 Å². The highest BCUT2D eigenvalue weighted by Gasteiger charge is 2.07. The van der Waals surface area contributed by atoms with E-state index in [1.165, 1.54) is 5.69 Å². The SMILES string of the molecule is CC(N)CCc1cc(-c2ccccc2)nn1C. The molecule has 0 amide bonds. The van der Waals surface area contributed by atoms with E-state index in [9.17, 15) is 0 Å². The summed E-state index contributed by atoms with van der Waals surface area (Å²) in [6.07, 6.45) is 1.97. The first-order valence-electron chi connectivity index (χ1n) is 6.00. The Kier molecular flexibility index (Phi) is 3.59. The molecule has 17 heavy (non-hydrogen) atoms. The highest BCUT2D eigenvalue weighted by atomic mass is 15.3. The Labute approximate surface area is 102 Å². The summed E-state index contributed by atoms with van der Waals surface area (Å²) >= 11 is 0. The number of hydrogen-bond donors (Lipinski definition) is 1. The molecule has 0 aliphatic heterocycles. The highest BCUT2D eigenvalue weighted by Crippen LogP contribution is 2.19. The molecule has 0 fully saturated rings. The fraction of sp³-hybridized carbons (Fsp3) is 0.357. The molecular formula is C14H19N3. The molecule has 0 aliphatic carbocycles. The first-order valence-corrected chi connectivity index (χ1v) is 6.00. The molecule has 1 unspecified atom stereocenters. The zero-order chi connectivity index (χ0) is 12.3. The van der Waals surface area contributed by atoms with Gasteiger partial charge in [0.15, 0.2) is 0 Å². The van der Waals surface area contributed by atoms with Crippen molar-refractivity contribution in [1.29, 1.82) is 0 Å². The lowest BCUT2D eigenvalue weighted by atomic mass is 10.1. The molecule has 0 bridgehead atoms. The van der Waals surface area contributed by atoms with Crippen molar-refractivity contribution < 1.29 is 0 Å². The number of nitrogens with zero attached hydrogens (tertiary/aromatic N) is 2. The van der Waals surface area contributed by atoms with Crippen molar-refractivity contribution in [3.8, 4) is 11.3 Å². The van der Waals surface area contributed by atoms with Gasteiger partial charge in [-0.1, -0.05) is 30.3 Å². The van der Waals surface area contributed by atoms with Crippen LogP contribution in [0.1, 0.15) is 19.0 Å². The Morgan fingerprint density at radius 1 is 1.29 bits per heavy atom. The zero-order valence-electron chi connectivity index (χ0n) is 10.4. The summed E-state index contributed by atoms with van der Waals surface area (Å²) in [4.78, 5) is 0. The van der Waals surface area contributed by atoms with Gasteiger partial charge in [-0.3, -0.25) is 4.68 Å². The van der Waals surface area contributed by atoms with Crippen molar-refractivity contribution >= 4 is 0 Å². The van der Waals surface area contributed by atoms with Crippen LogP contribution in [0.4, 0.5) is 0 Å². The number of nitrogens with two attached hydrogens (primary N) is 1. The molecule has 0 saturated heterocycles. The van der Waals surface area contributed by atoms with Gasteiger partial charge >= 0.3 is 0 Å². The van der Waals surface area contributed by atoms with Gasteiger partial charge in [0.25, 0.3) is 0 Å². The van der Waals surface area contributed by atoms with Crippen molar-refractivity contribution in [3.05, 3.63) is 42.1 Å². The van der Waals surface area contributed by atoms with Crippen LogP contribution in [-0.2, 0) is 13.5 Å². The smallest absolute Gasteiger partial charge is 0.0925 e. The van der Waals surface area contributed by atoms with E-state index in [1.54, 1.807) is 0 Å². The second kappa shape index (κ2) is 5.15. The summed E-state index contributed by atoms with van der Waals surface area (Å²) < 4.78 is 1.95. The van der Waals surface area contributed by atoms with E-state index >= 15 is 0 Å². The monoisotopic (exact) mass is 229 g/mol. The van der Waals surface area contributed by atoms with Gasteiger partial charge in [0, 0.05) is 24.3 Å². The van der Waals surface area contributed by atoms with E-state index in [-0.39, 0.29) is 6.04 Å². The lowest BCUT2D eigenvalue weighted by Gasteiger charge is -2.04. The molecule has 0 radical (unpaired) electrons. The minimum Gasteiger partial charge on any atom is -0.328 e. The second-order valence-corrected chi connectivity index (χ2v) is 4.53. The van der Waals surface area contributed by atoms with E-state index in [0.717, 1.165) is 24.1 Å². The van der Waals surface area contributed by atoms with Gasteiger partial charge in [-0.15, -0.1) is 0 Å². The fourth-order valence-electron chi connectivity index (χ4n) is 1.87. The molecule has 0 saturated carbocycles. The van der Waals surface area contributed by atoms with Gasteiger partial charge in [0.1, 0.15) is 0 Å². The van der Waals surface area contributed by atoms with E-state index in [2.05, 4.69) is 23.3 Å². The molecule has 1 aromatic carbocycles. The molecule has 3 heteroatoms. The van der Waals surface area contributed by atoms with Crippen LogP contribution in [0.15, 0.2) is 36.4 Å². The summed E-state index contributed by atoms with van der Waals surface area (Å²) in [5.41, 5.74) is 9.21. The van der Waals surface area contributed by atoms with Crippen molar-refractivity contribution in [2.24, 2.45) is 12.8 Å². The maximum absolute atomic E-state index is 5.78.